The van der Waals surface area contributed by atoms with Gasteiger partial charge >= 0.3 is 0 Å². The number of allylic oxidation sites excluding steroid dienone is 4. The first kappa shape index (κ1) is 22.6. The van der Waals surface area contributed by atoms with E-state index in [1.54, 1.807) is 23.0 Å². The van der Waals surface area contributed by atoms with Crippen LogP contribution in [-0.4, -0.2) is 50.9 Å². The zero-order valence-electron chi connectivity index (χ0n) is 17.7. The number of pyridine rings is 1. The monoisotopic (exact) mass is 441 g/mol. The van der Waals surface area contributed by atoms with Gasteiger partial charge < -0.3 is 10.6 Å². The number of nitrogens with zero attached hydrogens (tertiary/aromatic N) is 6. The molecule has 2 heterocycles. The Morgan fingerprint density at radius 1 is 1.26 bits per heavy atom. The molecule has 0 radical (unpaired) electrons. The Bertz CT molecular complexity index is 1070. The van der Waals surface area contributed by atoms with Crippen molar-refractivity contribution in [3.05, 3.63) is 65.4 Å². The first-order valence-electron chi connectivity index (χ1n) is 9.76. The van der Waals surface area contributed by atoms with Crippen LogP contribution < -0.4 is 5.73 Å². The van der Waals surface area contributed by atoms with E-state index in [1.807, 2.05) is 27.1 Å². The maximum atomic E-state index is 12.3. The number of halogens is 2. The van der Waals surface area contributed by atoms with Crippen LogP contribution in [0.2, 0.25) is 0 Å². The second-order valence-electron chi connectivity index (χ2n) is 7.35. The third kappa shape index (κ3) is 5.53. The normalized spacial score (nSPS) is 13.3. The molecule has 3 aromatic rings. The molecule has 1 unspecified atom stereocenters. The second kappa shape index (κ2) is 10.3. The zero-order valence-corrected chi connectivity index (χ0v) is 18.5. The van der Waals surface area contributed by atoms with E-state index in [2.05, 4.69) is 49.7 Å². The lowest BCUT2D eigenvalue weighted by atomic mass is 10.0. The maximum Gasteiger partial charge on any atom is 0.186 e. The molecule has 0 bridgehead atoms. The van der Waals surface area contributed by atoms with Crippen molar-refractivity contribution >= 4 is 17.4 Å². The highest BCUT2D eigenvalue weighted by atomic mass is 35.5. The Labute approximate surface area is 186 Å². The van der Waals surface area contributed by atoms with E-state index in [0.29, 0.717) is 22.2 Å². The average molecular weight is 442 g/mol. The highest BCUT2D eigenvalue weighted by Crippen LogP contribution is 2.31. The quantitative estimate of drug-likeness (QED) is 0.526. The van der Waals surface area contributed by atoms with Crippen LogP contribution in [0.15, 0.2) is 59.8 Å². The molecule has 0 fully saturated rings. The molecule has 7 nitrogen and oxygen atoms in total. The van der Waals surface area contributed by atoms with E-state index < -0.39 is 6.67 Å². The first-order chi connectivity index (χ1) is 14.9. The van der Waals surface area contributed by atoms with Crippen molar-refractivity contribution in [1.82, 2.24) is 30.1 Å². The standard InChI is InChI=1S/C22H25ClFN7/c1-15(20(23)6-4-5-11-24)31-22(27-28-29-31)19-12-18(13-26-21(19)25)17-9-7-16(8-10-17)14-30(2)3/h4-10,12-13,15H,11,14H2,1-3H3,(H2,25,26)/b5-4-,20-6+. The lowest BCUT2D eigenvalue weighted by Gasteiger charge is -2.14. The highest BCUT2D eigenvalue weighted by Gasteiger charge is 2.20. The van der Waals surface area contributed by atoms with Crippen molar-refractivity contribution in [3.63, 3.8) is 0 Å². The van der Waals surface area contributed by atoms with Crippen LogP contribution in [0.1, 0.15) is 18.5 Å². The molecule has 2 N–H and O–H groups in total. The molecule has 9 heteroatoms. The topological polar surface area (TPSA) is 85.8 Å². The summed E-state index contributed by atoms with van der Waals surface area (Å²) in [5, 5.41) is 12.5. The lowest BCUT2D eigenvalue weighted by molar-refractivity contribution is 0.402. The fourth-order valence-electron chi connectivity index (χ4n) is 3.08. The minimum Gasteiger partial charge on any atom is -0.383 e. The number of benzene rings is 1. The number of tetrazole rings is 1. The van der Waals surface area contributed by atoms with Crippen LogP contribution >= 0.6 is 11.6 Å². The molecule has 0 aliphatic carbocycles. The number of alkyl halides is 1. The predicted molar refractivity (Wildman–Crippen MR) is 122 cm³/mol. The molecule has 0 aliphatic rings. The second-order valence-corrected chi connectivity index (χ2v) is 7.78. The molecule has 1 aromatic carbocycles. The minimum atomic E-state index is -0.559. The van der Waals surface area contributed by atoms with Crippen molar-refractivity contribution in [1.29, 1.82) is 0 Å². The lowest BCUT2D eigenvalue weighted by Crippen LogP contribution is -2.10. The fourth-order valence-corrected chi connectivity index (χ4v) is 3.24. The molecule has 0 saturated heterocycles. The summed E-state index contributed by atoms with van der Waals surface area (Å²) in [4.78, 5) is 6.47. The van der Waals surface area contributed by atoms with Gasteiger partial charge in [0.25, 0.3) is 0 Å². The molecule has 31 heavy (non-hydrogen) atoms. The number of rotatable bonds is 8. The molecule has 0 spiro atoms. The van der Waals surface area contributed by atoms with Gasteiger partial charge in [-0.15, -0.1) is 5.10 Å². The van der Waals surface area contributed by atoms with Gasteiger partial charge in [0, 0.05) is 23.3 Å². The fraction of sp³-hybridized carbons (Fsp3) is 0.273. The van der Waals surface area contributed by atoms with Crippen molar-refractivity contribution in [2.45, 2.75) is 19.5 Å². The van der Waals surface area contributed by atoms with Gasteiger partial charge in [-0.1, -0.05) is 48.0 Å². The van der Waals surface area contributed by atoms with Crippen molar-refractivity contribution in [3.8, 4) is 22.5 Å². The summed E-state index contributed by atoms with van der Waals surface area (Å²) in [7, 11) is 4.07. The van der Waals surface area contributed by atoms with Crippen molar-refractivity contribution < 1.29 is 4.39 Å². The Morgan fingerprint density at radius 2 is 2.00 bits per heavy atom. The Kier molecular flexibility index (Phi) is 7.49. The van der Waals surface area contributed by atoms with Gasteiger partial charge in [-0.2, -0.15) is 0 Å². The number of anilines is 1. The van der Waals surface area contributed by atoms with E-state index in [-0.39, 0.29) is 6.04 Å². The van der Waals surface area contributed by atoms with Gasteiger partial charge in [0.15, 0.2) is 5.82 Å². The third-order valence-corrected chi connectivity index (χ3v) is 5.13. The van der Waals surface area contributed by atoms with Crippen LogP contribution in [0.25, 0.3) is 22.5 Å². The van der Waals surface area contributed by atoms with Gasteiger partial charge in [0.05, 0.1) is 11.6 Å². The molecule has 0 aliphatic heterocycles. The number of hydrogen-bond acceptors (Lipinski definition) is 6. The minimum absolute atomic E-state index is 0.314. The van der Waals surface area contributed by atoms with E-state index in [0.717, 1.165) is 17.7 Å². The van der Waals surface area contributed by atoms with Crippen LogP contribution in [0.3, 0.4) is 0 Å². The van der Waals surface area contributed by atoms with Crippen LogP contribution in [0.4, 0.5) is 10.2 Å². The van der Waals surface area contributed by atoms with Gasteiger partial charge in [0.1, 0.15) is 12.5 Å². The zero-order chi connectivity index (χ0) is 22.4. The summed E-state index contributed by atoms with van der Waals surface area (Å²) >= 11 is 6.36. The molecule has 0 saturated carbocycles. The van der Waals surface area contributed by atoms with Gasteiger partial charge in [-0.3, -0.25) is 0 Å². The highest BCUT2D eigenvalue weighted by molar-refractivity contribution is 6.30. The number of hydrogen-bond donors (Lipinski definition) is 1. The number of aromatic nitrogens is 5. The SMILES string of the molecule is CC(/C(Cl)=C\C=C/CF)n1nnnc1-c1cc(-c2ccc(CN(C)C)cc2)cnc1N. The van der Waals surface area contributed by atoms with Crippen LogP contribution in [0, 0.1) is 0 Å². The molecule has 3 rings (SSSR count). The van der Waals surface area contributed by atoms with E-state index in [1.165, 1.54) is 11.6 Å². The molecular weight excluding hydrogens is 417 g/mol. The van der Waals surface area contributed by atoms with Crippen LogP contribution in [-0.2, 0) is 6.54 Å². The third-order valence-electron chi connectivity index (χ3n) is 4.68. The van der Waals surface area contributed by atoms with Gasteiger partial charge in [-0.05, 0) is 54.7 Å². The van der Waals surface area contributed by atoms with Crippen molar-refractivity contribution in [2.24, 2.45) is 0 Å². The average Bonchev–Trinajstić information content (AvgIpc) is 3.23. The molecule has 0 amide bonds. The summed E-state index contributed by atoms with van der Waals surface area (Å²) in [5.41, 5.74) is 9.89. The summed E-state index contributed by atoms with van der Waals surface area (Å²) in [6, 6.07) is 9.83. The number of nitrogens with two attached hydrogens (primary N) is 1. The summed E-state index contributed by atoms with van der Waals surface area (Å²) in [6.07, 6.45) is 6.26. The Hall–Kier alpha value is -3.10. The first-order valence-corrected chi connectivity index (χ1v) is 10.1. The molecule has 1 atom stereocenters. The van der Waals surface area contributed by atoms with Crippen molar-refractivity contribution in [2.75, 3.05) is 26.5 Å². The van der Waals surface area contributed by atoms with E-state index in [4.69, 9.17) is 17.3 Å². The summed E-state index contributed by atoms with van der Waals surface area (Å²) in [6.45, 7) is 2.15. The van der Waals surface area contributed by atoms with Gasteiger partial charge in [-0.25, -0.2) is 14.1 Å². The Morgan fingerprint density at radius 3 is 2.68 bits per heavy atom. The van der Waals surface area contributed by atoms with Gasteiger partial charge in [0.2, 0.25) is 0 Å². The van der Waals surface area contributed by atoms with Crippen LogP contribution in [0.5, 0.6) is 0 Å². The van der Waals surface area contributed by atoms with E-state index in [9.17, 15) is 4.39 Å². The smallest absolute Gasteiger partial charge is 0.186 e. The van der Waals surface area contributed by atoms with E-state index >= 15 is 0 Å². The summed E-state index contributed by atoms with van der Waals surface area (Å²) < 4.78 is 13.9. The molecule has 162 valence electrons. The molecular formula is C22H25ClFN7. The largest absolute Gasteiger partial charge is 0.383 e. The maximum absolute atomic E-state index is 12.3. The summed E-state index contributed by atoms with van der Waals surface area (Å²) in [5.74, 6) is 0.762. The predicted octanol–water partition coefficient (Wildman–Crippen LogP) is 4.26. The number of nitrogen functional groups attached to an aromatic ring is 1. The Balaban J connectivity index is 1.94. The molecule has 2 aromatic heterocycles.